The molecule has 19 heavy (non-hydrogen) atoms. The first-order valence-corrected chi connectivity index (χ1v) is 6.93. The molecule has 1 atom stereocenters. The summed E-state index contributed by atoms with van der Waals surface area (Å²) in [4.78, 5) is 6.81. The first-order chi connectivity index (χ1) is 9.20. The van der Waals surface area contributed by atoms with Crippen molar-refractivity contribution in [3.63, 3.8) is 0 Å². The maximum atomic E-state index is 9.38. The van der Waals surface area contributed by atoms with Crippen LogP contribution in [-0.2, 0) is 6.61 Å². The van der Waals surface area contributed by atoms with Crippen LogP contribution in [-0.4, -0.2) is 23.2 Å². The van der Waals surface area contributed by atoms with Crippen LogP contribution in [0, 0.1) is 5.92 Å². The minimum atomic E-state index is -0.0104. The molecule has 1 aromatic carbocycles. The number of anilines is 1. The number of aliphatic hydroxyl groups excluding tert-OH is 1. The number of pyridine rings is 1. The van der Waals surface area contributed by atoms with Crippen LogP contribution in [0.2, 0.25) is 0 Å². The second-order valence-electron chi connectivity index (χ2n) is 5.50. The van der Waals surface area contributed by atoms with Gasteiger partial charge in [0.1, 0.15) is 0 Å². The van der Waals surface area contributed by atoms with E-state index in [1.165, 1.54) is 18.5 Å². The number of aromatic nitrogens is 1. The lowest BCUT2D eigenvalue weighted by Crippen LogP contribution is -2.30. The van der Waals surface area contributed by atoms with E-state index in [0.29, 0.717) is 6.04 Å². The highest BCUT2D eigenvalue weighted by Gasteiger charge is 2.31. The van der Waals surface area contributed by atoms with E-state index in [2.05, 4.69) is 29.9 Å². The van der Waals surface area contributed by atoms with Crippen LogP contribution in [0.25, 0.3) is 10.9 Å². The summed E-state index contributed by atoms with van der Waals surface area (Å²) < 4.78 is 0. The van der Waals surface area contributed by atoms with Gasteiger partial charge in [0, 0.05) is 24.2 Å². The lowest BCUT2D eigenvalue weighted by atomic mass is 10.1. The van der Waals surface area contributed by atoms with Crippen LogP contribution in [0.15, 0.2) is 30.3 Å². The van der Waals surface area contributed by atoms with Crippen molar-refractivity contribution in [3.8, 4) is 0 Å². The van der Waals surface area contributed by atoms with Gasteiger partial charge in [0.05, 0.1) is 17.8 Å². The zero-order valence-electron chi connectivity index (χ0n) is 11.5. The van der Waals surface area contributed by atoms with Gasteiger partial charge in [0.25, 0.3) is 0 Å². The molecule has 100 valence electrons. The fourth-order valence-electron chi connectivity index (χ4n) is 2.70. The van der Waals surface area contributed by atoms with Gasteiger partial charge in [-0.1, -0.05) is 18.2 Å². The van der Waals surface area contributed by atoms with Crippen molar-refractivity contribution in [2.24, 2.45) is 5.92 Å². The first-order valence-electron chi connectivity index (χ1n) is 6.93. The quantitative estimate of drug-likeness (QED) is 0.913. The van der Waals surface area contributed by atoms with E-state index in [9.17, 15) is 5.11 Å². The summed E-state index contributed by atoms with van der Waals surface area (Å²) in [5.41, 5.74) is 2.87. The summed E-state index contributed by atoms with van der Waals surface area (Å²) in [7, 11) is 2.14. The van der Waals surface area contributed by atoms with Gasteiger partial charge < -0.3 is 10.0 Å². The summed E-state index contributed by atoms with van der Waals surface area (Å²) >= 11 is 0. The van der Waals surface area contributed by atoms with E-state index in [4.69, 9.17) is 0 Å². The molecule has 3 heteroatoms. The maximum absolute atomic E-state index is 9.38. The highest BCUT2D eigenvalue weighted by atomic mass is 16.3. The Labute approximate surface area is 113 Å². The summed E-state index contributed by atoms with van der Waals surface area (Å²) in [6.45, 7) is 2.27. The average molecular weight is 256 g/mol. The van der Waals surface area contributed by atoms with Gasteiger partial charge in [-0.2, -0.15) is 0 Å². The molecule has 0 spiro atoms. The van der Waals surface area contributed by atoms with Crippen molar-refractivity contribution in [1.29, 1.82) is 0 Å². The third-order valence-electron chi connectivity index (χ3n) is 4.20. The van der Waals surface area contributed by atoms with Crippen molar-refractivity contribution in [2.75, 3.05) is 11.9 Å². The number of aliphatic hydroxyl groups is 1. The van der Waals surface area contributed by atoms with E-state index in [1.807, 2.05) is 24.3 Å². The van der Waals surface area contributed by atoms with Gasteiger partial charge in [-0.15, -0.1) is 0 Å². The highest BCUT2D eigenvalue weighted by molar-refractivity contribution is 5.92. The van der Waals surface area contributed by atoms with Gasteiger partial charge in [-0.25, -0.2) is 0 Å². The second kappa shape index (κ2) is 4.82. The molecular formula is C16H20N2O. The van der Waals surface area contributed by atoms with Crippen molar-refractivity contribution < 1.29 is 5.11 Å². The van der Waals surface area contributed by atoms with Crippen LogP contribution >= 0.6 is 0 Å². The van der Waals surface area contributed by atoms with Crippen LogP contribution in [0.5, 0.6) is 0 Å². The van der Waals surface area contributed by atoms with Crippen molar-refractivity contribution in [2.45, 2.75) is 32.4 Å². The molecule has 0 amide bonds. The lowest BCUT2D eigenvalue weighted by molar-refractivity contribution is 0.277. The molecule has 0 bridgehead atoms. The number of benzene rings is 1. The number of nitrogens with zero attached hydrogens (tertiary/aromatic N) is 2. The monoisotopic (exact) mass is 256 g/mol. The molecule has 1 heterocycles. The summed E-state index contributed by atoms with van der Waals surface area (Å²) in [6.07, 6.45) is 2.67. The maximum Gasteiger partial charge on any atom is 0.0854 e. The number of rotatable bonds is 4. The Morgan fingerprint density at radius 2 is 2.11 bits per heavy atom. The zero-order chi connectivity index (χ0) is 13.4. The molecule has 1 unspecified atom stereocenters. The normalized spacial score (nSPS) is 16.6. The number of para-hydroxylation sites is 1. The molecule has 1 aromatic heterocycles. The lowest BCUT2D eigenvalue weighted by Gasteiger charge is -2.28. The van der Waals surface area contributed by atoms with Crippen molar-refractivity contribution >= 4 is 16.6 Å². The standard InChI is InChI=1S/C16H20N2O/c1-11(12-7-8-12)18(2)16-9-13(10-19)17-15-6-4-3-5-14(15)16/h3-6,9,11-12,19H,7-8,10H2,1-2H3. The van der Waals surface area contributed by atoms with Gasteiger partial charge in [-0.3, -0.25) is 4.98 Å². The van der Waals surface area contributed by atoms with E-state index >= 15 is 0 Å². The Balaban J connectivity index is 2.09. The fourth-order valence-corrected chi connectivity index (χ4v) is 2.70. The summed E-state index contributed by atoms with van der Waals surface area (Å²) in [5, 5.41) is 10.5. The third-order valence-corrected chi connectivity index (χ3v) is 4.20. The van der Waals surface area contributed by atoms with Gasteiger partial charge in [0.2, 0.25) is 0 Å². The molecule has 1 aliphatic rings. The number of fused-ring (bicyclic) bond motifs is 1. The van der Waals surface area contributed by atoms with Crippen LogP contribution in [0.3, 0.4) is 0 Å². The molecule has 1 aliphatic carbocycles. The minimum Gasteiger partial charge on any atom is -0.390 e. The van der Waals surface area contributed by atoms with Crippen LogP contribution in [0.4, 0.5) is 5.69 Å². The van der Waals surface area contributed by atoms with Crippen molar-refractivity contribution in [1.82, 2.24) is 4.98 Å². The second-order valence-corrected chi connectivity index (χ2v) is 5.50. The molecule has 3 nitrogen and oxygen atoms in total. The zero-order valence-corrected chi connectivity index (χ0v) is 11.5. The topological polar surface area (TPSA) is 36.4 Å². The Morgan fingerprint density at radius 3 is 2.79 bits per heavy atom. The highest BCUT2D eigenvalue weighted by Crippen LogP contribution is 2.37. The summed E-state index contributed by atoms with van der Waals surface area (Å²) in [6, 6.07) is 10.7. The van der Waals surface area contributed by atoms with Gasteiger partial charge >= 0.3 is 0 Å². The fraction of sp³-hybridized carbons (Fsp3) is 0.438. The number of hydrogen-bond acceptors (Lipinski definition) is 3. The third kappa shape index (κ3) is 2.30. The first kappa shape index (κ1) is 12.4. The van der Waals surface area contributed by atoms with E-state index in [0.717, 1.165) is 22.5 Å². The van der Waals surface area contributed by atoms with E-state index < -0.39 is 0 Å². The largest absolute Gasteiger partial charge is 0.390 e. The predicted molar refractivity (Wildman–Crippen MR) is 78.3 cm³/mol. The molecule has 3 rings (SSSR count). The van der Waals surface area contributed by atoms with Crippen molar-refractivity contribution in [3.05, 3.63) is 36.0 Å². The summed E-state index contributed by atoms with van der Waals surface area (Å²) in [5.74, 6) is 0.814. The average Bonchev–Trinajstić information content (AvgIpc) is 3.29. The molecular weight excluding hydrogens is 236 g/mol. The SMILES string of the molecule is CC(C1CC1)N(C)c1cc(CO)nc2ccccc12. The molecule has 1 fully saturated rings. The minimum absolute atomic E-state index is 0.0104. The van der Waals surface area contributed by atoms with Crippen LogP contribution < -0.4 is 4.90 Å². The molecule has 0 radical (unpaired) electrons. The number of hydrogen-bond donors (Lipinski definition) is 1. The predicted octanol–water partition coefficient (Wildman–Crippen LogP) is 2.96. The smallest absolute Gasteiger partial charge is 0.0854 e. The van der Waals surface area contributed by atoms with Crippen LogP contribution in [0.1, 0.15) is 25.5 Å². The van der Waals surface area contributed by atoms with E-state index in [1.54, 1.807) is 0 Å². The Kier molecular flexibility index (Phi) is 3.15. The van der Waals surface area contributed by atoms with Gasteiger partial charge in [-0.05, 0) is 37.8 Å². The Morgan fingerprint density at radius 1 is 1.37 bits per heavy atom. The van der Waals surface area contributed by atoms with Gasteiger partial charge in [0.15, 0.2) is 0 Å². The molecule has 0 saturated heterocycles. The molecule has 1 saturated carbocycles. The molecule has 2 aromatic rings. The van der Waals surface area contributed by atoms with E-state index in [-0.39, 0.29) is 6.61 Å². The Hall–Kier alpha value is -1.61. The molecule has 1 N–H and O–H groups in total. The Bertz CT molecular complexity index is 592. The molecule has 0 aliphatic heterocycles.